The standard InChI is InChI=1S/C26H31FN4O/c1-4-29-15-14-25-23(17-29)24(28-31(25)22-8-6-5-7-9-22)18-30(16-19(2)3)26(32)20-10-12-21(27)13-11-20/h5-13,19H,4,14-18H2,1-3H3. The zero-order chi connectivity index (χ0) is 22.7. The molecule has 0 saturated carbocycles. The van der Waals surface area contributed by atoms with E-state index in [4.69, 9.17) is 5.10 Å². The predicted molar refractivity (Wildman–Crippen MR) is 124 cm³/mol. The molecule has 1 aromatic heterocycles. The summed E-state index contributed by atoms with van der Waals surface area (Å²) in [7, 11) is 0. The minimum Gasteiger partial charge on any atom is -0.332 e. The Kier molecular flexibility index (Phi) is 6.70. The van der Waals surface area contributed by atoms with Crippen molar-refractivity contribution in [2.75, 3.05) is 19.6 Å². The van der Waals surface area contributed by atoms with Crippen molar-refractivity contribution in [3.63, 3.8) is 0 Å². The van der Waals surface area contributed by atoms with Crippen LogP contribution in [0.3, 0.4) is 0 Å². The van der Waals surface area contributed by atoms with Gasteiger partial charge in [-0.1, -0.05) is 39.0 Å². The van der Waals surface area contributed by atoms with Gasteiger partial charge in [0.15, 0.2) is 0 Å². The number of fused-ring (bicyclic) bond motifs is 1. The molecule has 1 aliphatic rings. The second-order valence-corrected chi connectivity index (χ2v) is 8.82. The van der Waals surface area contributed by atoms with E-state index in [-0.39, 0.29) is 11.7 Å². The number of para-hydroxylation sites is 1. The number of carbonyl (C=O) groups excluding carboxylic acids is 1. The number of benzene rings is 2. The molecular formula is C26H31FN4O. The van der Waals surface area contributed by atoms with E-state index in [0.717, 1.165) is 37.4 Å². The molecule has 0 N–H and O–H groups in total. The van der Waals surface area contributed by atoms with Gasteiger partial charge in [-0.3, -0.25) is 9.69 Å². The summed E-state index contributed by atoms with van der Waals surface area (Å²) in [5.74, 6) is -0.129. The quantitative estimate of drug-likeness (QED) is 0.542. The number of rotatable bonds is 7. The van der Waals surface area contributed by atoms with E-state index in [1.807, 2.05) is 27.8 Å². The number of hydrogen-bond donors (Lipinski definition) is 0. The first-order valence-corrected chi connectivity index (χ1v) is 11.4. The maximum atomic E-state index is 13.4. The summed E-state index contributed by atoms with van der Waals surface area (Å²) >= 11 is 0. The highest BCUT2D eigenvalue weighted by Crippen LogP contribution is 2.27. The predicted octanol–water partition coefficient (Wildman–Crippen LogP) is 4.69. The van der Waals surface area contributed by atoms with Gasteiger partial charge in [0.25, 0.3) is 5.91 Å². The number of likely N-dealkylation sites (N-methyl/N-ethyl adjacent to an activating group) is 1. The first kappa shape index (κ1) is 22.2. The lowest BCUT2D eigenvalue weighted by Gasteiger charge is -2.28. The topological polar surface area (TPSA) is 41.4 Å². The first-order chi connectivity index (χ1) is 15.5. The van der Waals surface area contributed by atoms with E-state index in [9.17, 15) is 9.18 Å². The average Bonchev–Trinajstić information content (AvgIpc) is 3.16. The van der Waals surface area contributed by atoms with Crippen LogP contribution in [0.5, 0.6) is 0 Å². The third kappa shape index (κ3) is 4.75. The Bertz CT molecular complexity index is 1060. The minimum atomic E-state index is -0.340. The molecule has 6 heteroatoms. The van der Waals surface area contributed by atoms with Crippen LogP contribution in [0, 0.1) is 11.7 Å². The van der Waals surface area contributed by atoms with Crippen LogP contribution >= 0.6 is 0 Å². The molecule has 2 aromatic carbocycles. The minimum absolute atomic E-state index is 0.0927. The summed E-state index contributed by atoms with van der Waals surface area (Å²) in [6, 6.07) is 16.0. The molecule has 0 unspecified atom stereocenters. The Labute approximate surface area is 189 Å². The fourth-order valence-electron chi connectivity index (χ4n) is 4.34. The Balaban J connectivity index is 1.71. The lowest BCUT2D eigenvalue weighted by Crippen LogP contribution is -2.35. The SMILES string of the molecule is CCN1CCc2c(c(CN(CC(C)C)C(=O)c3ccc(F)cc3)nn2-c2ccccc2)C1. The van der Waals surface area contributed by atoms with E-state index >= 15 is 0 Å². The Morgan fingerprint density at radius 1 is 1.12 bits per heavy atom. The zero-order valence-corrected chi connectivity index (χ0v) is 19.1. The molecule has 0 fully saturated rings. The summed E-state index contributed by atoms with van der Waals surface area (Å²) in [5, 5.41) is 5.00. The van der Waals surface area contributed by atoms with Crippen LogP contribution in [0.1, 0.15) is 48.1 Å². The molecule has 3 aromatic rings. The van der Waals surface area contributed by atoms with Gasteiger partial charge in [-0.15, -0.1) is 0 Å². The molecule has 1 amide bonds. The monoisotopic (exact) mass is 434 g/mol. The van der Waals surface area contributed by atoms with Crippen molar-refractivity contribution >= 4 is 5.91 Å². The summed E-state index contributed by atoms with van der Waals surface area (Å²) in [4.78, 5) is 17.6. The van der Waals surface area contributed by atoms with Crippen molar-refractivity contribution in [3.05, 3.63) is 82.9 Å². The Hall–Kier alpha value is -2.99. The lowest BCUT2D eigenvalue weighted by molar-refractivity contribution is 0.0719. The highest BCUT2D eigenvalue weighted by Gasteiger charge is 2.27. The van der Waals surface area contributed by atoms with Crippen molar-refractivity contribution in [2.45, 2.75) is 40.3 Å². The molecule has 0 atom stereocenters. The second-order valence-electron chi connectivity index (χ2n) is 8.82. The van der Waals surface area contributed by atoms with Gasteiger partial charge >= 0.3 is 0 Å². The molecule has 168 valence electrons. The third-order valence-electron chi connectivity index (χ3n) is 5.97. The van der Waals surface area contributed by atoms with Gasteiger partial charge in [0.2, 0.25) is 0 Å². The highest BCUT2D eigenvalue weighted by atomic mass is 19.1. The molecule has 32 heavy (non-hydrogen) atoms. The van der Waals surface area contributed by atoms with E-state index in [1.165, 1.54) is 23.4 Å². The molecule has 4 rings (SSSR count). The molecule has 0 aliphatic carbocycles. The Morgan fingerprint density at radius 2 is 1.84 bits per heavy atom. The van der Waals surface area contributed by atoms with Crippen LogP contribution in [0.4, 0.5) is 4.39 Å². The maximum Gasteiger partial charge on any atom is 0.254 e. The van der Waals surface area contributed by atoms with Crippen LogP contribution in [-0.2, 0) is 19.5 Å². The van der Waals surface area contributed by atoms with E-state index in [1.54, 1.807) is 12.1 Å². The van der Waals surface area contributed by atoms with Crippen molar-refractivity contribution in [2.24, 2.45) is 5.92 Å². The second kappa shape index (κ2) is 9.65. The number of hydrogen-bond acceptors (Lipinski definition) is 3. The first-order valence-electron chi connectivity index (χ1n) is 11.4. The van der Waals surface area contributed by atoms with Gasteiger partial charge in [0.1, 0.15) is 5.82 Å². The number of nitrogens with zero attached hydrogens (tertiary/aromatic N) is 4. The molecule has 5 nitrogen and oxygen atoms in total. The maximum absolute atomic E-state index is 13.4. The lowest BCUT2D eigenvalue weighted by atomic mass is 10.0. The summed E-state index contributed by atoms with van der Waals surface area (Å²) in [5.41, 5.74) is 4.94. The summed E-state index contributed by atoms with van der Waals surface area (Å²) in [6.45, 7) is 10.3. The molecule has 0 radical (unpaired) electrons. The van der Waals surface area contributed by atoms with E-state index < -0.39 is 0 Å². The van der Waals surface area contributed by atoms with Gasteiger partial charge < -0.3 is 4.90 Å². The molecule has 0 saturated heterocycles. The van der Waals surface area contributed by atoms with Gasteiger partial charge in [-0.25, -0.2) is 9.07 Å². The molecule has 0 bridgehead atoms. The van der Waals surface area contributed by atoms with Crippen molar-refractivity contribution in [1.82, 2.24) is 19.6 Å². The average molecular weight is 435 g/mol. The van der Waals surface area contributed by atoms with Crippen LogP contribution in [0.25, 0.3) is 5.69 Å². The van der Waals surface area contributed by atoms with Gasteiger partial charge in [-0.05, 0) is 48.9 Å². The van der Waals surface area contributed by atoms with E-state index in [0.29, 0.717) is 24.6 Å². The molecule has 0 spiro atoms. The zero-order valence-electron chi connectivity index (χ0n) is 19.1. The fourth-order valence-corrected chi connectivity index (χ4v) is 4.34. The third-order valence-corrected chi connectivity index (χ3v) is 5.97. The van der Waals surface area contributed by atoms with Crippen molar-refractivity contribution in [1.29, 1.82) is 0 Å². The Morgan fingerprint density at radius 3 is 2.50 bits per heavy atom. The fraction of sp³-hybridized carbons (Fsp3) is 0.385. The van der Waals surface area contributed by atoms with Crippen LogP contribution in [0.2, 0.25) is 0 Å². The van der Waals surface area contributed by atoms with Crippen molar-refractivity contribution < 1.29 is 9.18 Å². The van der Waals surface area contributed by atoms with Crippen LogP contribution in [-0.4, -0.2) is 45.1 Å². The number of aromatic nitrogens is 2. The number of amides is 1. The summed E-state index contributed by atoms with van der Waals surface area (Å²) in [6.07, 6.45) is 0.932. The highest BCUT2D eigenvalue weighted by molar-refractivity contribution is 5.94. The van der Waals surface area contributed by atoms with Crippen LogP contribution < -0.4 is 0 Å². The normalized spacial score (nSPS) is 13.9. The van der Waals surface area contributed by atoms with Gasteiger partial charge in [0.05, 0.1) is 23.6 Å². The number of halogens is 1. The largest absolute Gasteiger partial charge is 0.332 e. The molecule has 1 aliphatic heterocycles. The number of carbonyl (C=O) groups is 1. The van der Waals surface area contributed by atoms with Crippen LogP contribution in [0.15, 0.2) is 54.6 Å². The molecular weight excluding hydrogens is 403 g/mol. The summed E-state index contributed by atoms with van der Waals surface area (Å²) < 4.78 is 15.4. The smallest absolute Gasteiger partial charge is 0.254 e. The van der Waals surface area contributed by atoms with Crippen molar-refractivity contribution in [3.8, 4) is 5.69 Å². The van der Waals surface area contributed by atoms with E-state index in [2.05, 4.69) is 37.8 Å². The van der Waals surface area contributed by atoms with Gasteiger partial charge in [-0.2, -0.15) is 5.10 Å². The molecule has 2 heterocycles. The van der Waals surface area contributed by atoms with Gasteiger partial charge in [0, 0.05) is 37.2 Å².